The summed E-state index contributed by atoms with van der Waals surface area (Å²) in [6.07, 6.45) is 0. The number of carbonyl (C=O) groups is 1. The number of carbonyl (C=O) groups excluding carboxylic acids is 1. The lowest BCUT2D eigenvalue weighted by atomic mass is 10.2. The maximum absolute atomic E-state index is 12.5. The Morgan fingerprint density at radius 2 is 1.90 bits per heavy atom. The fourth-order valence-corrected chi connectivity index (χ4v) is 2.40. The topological polar surface area (TPSA) is 60.1 Å². The van der Waals surface area contributed by atoms with E-state index in [1.54, 1.807) is 4.90 Å². The molecule has 20 heavy (non-hydrogen) atoms. The van der Waals surface area contributed by atoms with Crippen LogP contribution >= 0.6 is 0 Å². The molecule has 0 saturated carbocycles. The van der Waals surface area contributed by atoms with Crippen molar-refractivity contribution in [3.8, 4) is 0 Å². The molecule has 3 rings (SSSR count). The van der Waals surface area contributed by atoms with E-state index in [-0.39, 0.29) is 17.6 Å². The Bertz CT molecular complexity index is 700. The van der Waals surface area contributed by atoms with Crippen LogP contribution in [0, 0.1) is 5.92 Å². The number of hydrogen-bond acceptors (Lipinski definition) is 3. The highest BCUT2D eigenvalue weighted by Crippen LogP contribution is 2.22. The molecule has 6 heteroatoms. The zero-order valence-corrected chi connectivity index (χ0v) is 11.5. The third kappa shape index (κ3) is 1.93. The first kappa shape index (κ1) is 12.7. The van der Waals surface area contributed by atoms with E-state index in [2.05, 4.69) is 4.98 Å². The molecule has 0 fully saturated rings. The van der Waals surface area contributed by atoms with Gasteiger partial charge in [0.25, 0.3) is 0 Å². The number of anilines is 1. The zero-order chi connectivity index (χ0) is 14.3. The third-order valence-electron chi connectivity index (χ3n) is 3.25. The first-order chi connectivity index (χ1) is 9.58. The maximum Gasteiger partial charge on any atom is 0.364 e. The number of nitrogens with zero attached hydrogens (tertiary/aromatic N) is 4. The predicted molar refractivity (Wildman–Crippen MR) is 74.7 cm³/mol. The summed E-state index contributed by atoms with van der Waals surface area (Å²) in [6.45, 7) is 4.82. The highest BCUT2D eigenvalue weighted by molar-refractivity contribution is 5.95. The summed E-state index contributed by atoms with van der Waals surface area (Å²) in [5, 5.41) is 0. The normalized spacial score (nSPS) is 14.2. The van der Waals surface area contributed by atoms with E-state index in [1.165, 1.54) is 9.36 Å². The van der Waals surface area contributed by atoms with Gasteiger partial charge in [0.2, 0.25) is 0 Å². The van der Waals surface area contributed by atoms with Crippen LogP contribution in [-0.4, -0.2) is 20.4 Å². The molecule has 0 atom stereocenters. The molecule has 0 radical (unpaired) electrons. The van der Waals surface area contributed by atoms with Crippen LogP contribution in [0.25, 0.3) is 0 Å². The summed E-state index contributed by atoms with van der Waals surface area (Å²) < 4.78 is 2.82. The van der Waals surface area contributed by atoms with Crippen LogP contribution in [0.15, 0.2) is 35.1 Å². The van der Waals surface area contributed by atoms with Gasteiger partial charge in [0.15, 0.2) is 5.82 Å². The molecule has 104 valence electrons. The highest BCUT2D eigenvalue weighted by atomic mass is 16.2. The molecule has 0 unspecified atom stereocenters. The van der Waals surface area contributed by atoms with Gasteiger partial charge in [-0.3, -0.25) is 4.90 Å². The molecule has 0 spiro atoms. The number of fused-ring (bicyclic) bond motifs is 1. The summed E-state index contributed by atoms with van der Waals surface area (Å²) in [7, 11) is 0. The Kier molecular flexibility index (Phi) is 2.93. The Morgan fingerprint density at radius 3 is 2.55 bits per heavy atom. The Labute approximate surface area is 116 Å². The van der Waals surface area contributed by atoms with Gasteiger partial charge in [0, 0.05) is 12.2 Å². The number of amides is 1. The number of benzene rings is 1. The van der Waals surface area contributed by atoms with Crippen molar-refractivity contribution >= 4 is 11.7 Å². The summed E-state index contributed by atoms with van der Waals surface area (Å²) in [5.74, 6) is 0.775. The van der Waals surface area contributed by atoms with Crippen LogP contribution in [0.5, 0.6) is 0 Å². The molecule has 1 aromatic heterocycles. The molecular weight excluding hydrogens is 256 g/mol. The third-order valence-corrected chi connectivity index (χ3v) is 3.25. The van der Waals surface area contributed by atoms with Crippen LogP contribution in [-0.2, 0) is 13.1 Å². The van der Waals surface area contributed by atoms with Gasteiger partial charge in [-0.15, -0.1) is 0 Å². The Morgan fingerprint density at radius 1 is 1.20 bits per heavy atom. The van der Waals surface area contributed by atoms with Crippen molar-refractivity contribution in [3.05, 3.63) is 46.6 Å². The van der Waals surface area contributed by atoms with Gasteiger partial charge in [0.05, 0.1) is 6.54 Å². The van der Waals surface area contributed by atoms with E-state index < -0.39 is 0 Å². The van der Waals surface area contributed by atoms with Gasteiger partial charge in [-0.25, -0.2) is 14.3 Å². The standard InChI is InChI=1S/C14H16N4O2/c1-10(2)8-17-13(19)15-12-9-16(14(20)18(12)17)11-6-4-3-5-7-11/h3-7,10H,8-9H2,1-2H3. The van der Waals surface area contributed by atoms with E-state index in [0.717, 1.165) is 5.69 Å². The van der Waals surface area contributed by atoms with Gasteiger partial charge in [-0.1, -0.05) is 32.0 Å². The zero-order valence-electron chi connectivity index (χ0n) is 11.5. The van der Waals surface area contributed by atoms with Crippen LogP contribution in [0.2, 0.25) is 0 Å². The second kappa shape index (κ2) is 4.63. The molecule has 0 bridgehead atoms. The first-order valence-electron chi connectivity index (χ1n) is 6.63. The quantitative estimate of drug-likeness (QED) is 0.854. The lowest BCUT2D eigenvalue weighted by molar-refractivity contribution is 0.242. The molecule has 0 aliphatic carbocycles. The van der Waals surface area contributed by atoms with E-state index in [0.29, 0.717) is 18.9 Å². The summed E-state index contributed by atoms with van der Waals surface area (Å²) in [5.41, 5.74) is 0.460. The minimum atomic E-state index is -0.352. The SMILES string of the molecule is CC(C)Cn1c(=O)nc2n1C(=O)N(c1ccccc1)C2. The molecule has 2 heterocycles. The lowest BCUT2D eigenvalue weighted by Crippen LogP contribution is -2.34. The average molecular weight is 272 g/mol. The molecule has 1 amide bonds. The molecule has 2 aromatic rings. The second-order valence-electron chi connectivity index (χ2n) is 5.30. The van der Waals surface area contributed by atoms with Crippen LogP contribution < -0.4 is 10.6 Å². The summed E-state index contributed by atoms with van der Waals surface area (Å²) in [6, 6.07) is 9.18. The van der Waals surface area contributed by atoms with Crippen molar-refractivity contribution in [1.82, 2.24) is 14.3 Å². The largest absolute Gasteiger partial charge is 0.364 e. The van der Waals surface area contributed by atoms with Crippen LogP contribution in [0.1, 0.15) is 19.7 Å². The molecule has 0 N–H and O–H groups in total. The van der Waals surface area contributed by atoms with Gasteiger partial charge in [0.1, 0.15) is 0 Å². The van der Waals surface area contributed by atoms with Crippen molar-refractivity contribution in [3.63, 3.8) is 0 Å². The van der Waals surface area contributed by atoms with Crippen molar-refractivity contribution < 1.29 is 4.79 Å². The van der Waals surface area contributed by atoms with Gasteiger partial charge in [-0.2, -0.15) is 9.67 Å². The highest BCUT2D eigenvalue weighted by Gasteiger charge is 2.33. The minimum Gasteiger partial charge on any atom is -0.285 e. The predicted octanol–water partition coefficient (Wildman–Crippen LogP) is 1.69. The molecule has 1 aliphatic heterocycles. The fraction of sp³-hybridized carbons (Fsp3) is 0.357. The lowest BCUT2D eigenvalue weighted by Gasteiger charge is -2.16. The van der Waals surface area contributed by atoms with E-state index >= 15 is 0 Å². The Hall–Kier alpha value is -2.37. The smallest absolute Gasteiger partial charge is 0.285 e. The number of rotatable bonds is 3. The first-order valence-corrected chi connectivity index (χ1v) is 6.63. The molecular formula is C14H16N4O2. The maximum atomic E-state index is 12.5. The second-order valence-corrected chi connectivity index (χ2v) is 5.30. The van der Waals surface area contributed by atoms with Crippen LogP contribution in [0.4, 0.5) is 10.5 Å². The summed E-state index contributed by atoms with van der Waals surface area (Å²) >= 11 is 0. The number of para-hydroxylation sites is 1. The molecule has 1 aromatic carbocycles. The van der Waals surface area contributed by atoms with Gasteiger partial charge < -0.3 is 0 Å². The van der Waals surface area contributed by atoms with E-state index in [4.69, 9.17) is 0 Å². The summed E-state index contributed by atoms with van der Waals surface area (Å²) in [4.78, 5) is 29.9. The van der Waals surface area contributed by atoms with Gasteiger partial charge in [-0.05, 0) is 18.1 Å². The molecule has 0 saturated heterocycles. The number of aromatic nitrogens is 3. The van der Waals surface area contributed by atoms with Gasteiger partial charge >= 0.3 is 11.7 Å². The Balaban J connectivity index is 2.00. The van der Waals surface area contributed by atoms with Crippen molar-refractivity contribution in [1.29, 1.82) is 0 Å². The average Bonchev–Trinajstić information content (AvgIpc) is 2.89. The minimum absolute atomic E-state index is 0.221. The monoisotopic (exact) mass is 272 g/mol. The van der Waals surface area contributed by atoms with Crippen LogP contribution in [0.3, 0.4) is 0 Å². The fourth-order valence-electron chi connectivity index (χ4n) is 2.40. The van der Waals surface area contributed by atoms with Crippen molar-refractivity contribution in [2.45, 2.75) is 26.9 Å². The number of hydrogen-bond donors (Lipinski definition) is 0. The van der Waals surface area contributed by atoms with E-state index in [9.17, 15) is 9.59 Å². The van der Waals surface area contributed by atoms with E-state index in [1.807, 2.05) is 44.2 Å². The molecule has 6 nitrogen and oxygen atoms in total. The van der Waals surface area contributed by atoms with Crippen molar-refractivity contribution in [2.24, 2.45) is 5.92 Å². The molecule has 1 aliphatic rings. The van der Waals surface area contributed by atoms with Crippen molar-refractivity contribution in [2.75, 3.05) is 4.90 Å².